The molecule has 4 nitrogen and oxygen atoms in total. The summed E-state index contributed by atoms with van der Waals surface area (Å²) in [4.78, 5) is 14.2. The summed E-state index contributed by atoms with van der Waals surface area (Å²) in [6.45, 7) is 7.84. The largest absolute Gasteiger partial charge is 0.469 e. The highest BCUT2D eigenvalue weighted by atomic mass is 16.5. The number of piperidine rings is 1. The van der Waals surface area contributed by atoms with Crippen LogP contribution in [0.2, 0.25) is 0 Å². The van der Waals surface area contributed by atoms with Gasteiger partial charge in [-0.3, -0.25) is 4.79 Å². The van der Waals surface area contributed by atoms with Crippen molar-refractivity contribution in [2.24, 2.45) is 11.8 Å². The number of rotatable bonds is 6. The molecule has 0 bridgehead atoms. The summed E-state index contributed by atoms with van der Waals surface area (Å²) in [5, 5.41) is 3.89. The summed E-state index contributed by atoms with van der Waals surface area (Å²) < 4.78 is 4.88. The van der Waals surface area contributed by atoms with Crippen LogP contribution >= 0.6 is 0 Å². The second-order valence-corrected chi connectivity index (χ2v) is 7.69. The lowest BCUT2D eigenvalue weighted by Crippen LogP contribution is -2.53. The molecule has 1 N–H and O–H groups in total. The van der Waals surface area contributed by atoms with Gasteiger partial charge in [-0.05, 0) is 31.1 Å². The quantitative estimate of drug-likeness (QED) is 0.766. The second kappa shape index (κ2) is 8.88. The van der Waals surface area contributed by atoms with Crippen molar-refractivity contribution in [3.63, 3.8) is 0 Å². The molecule has 2 unspecified atom stereocenters. The van der Waals surface area contributed by atoms with Gasteiger partial charge >= 0.3 is 5.97 Å². The number of hydrogen-bond acceptors (Lipinski definition) is 4. The van der Waals surface area contributed by atoms with E-state index in [1.165, 1.54) is 39.2 Å². The maximum atomic E-state index is 11.6. The van der Waals surface area contributed by atoms with E-state index in [9.17, 15) is 4.79 Å². The third-order valence-corrected chi connectivity index (χ3v) is 5.00. The van der Waals surface area contributed by atoms with Crippen LogP contribution in [0.4, 0.5) is 0 Å². The molecule has 1 saturated heterocycles. The molecule has 2 aliphatic rings. The van der Waals surface area contributed by atoms with Crippen molar-refractivity contribution >= 4 is 5.97 Å². The number of carbonyl (C=O) groups excluding carboxylic acids is 1. The maximum Gasteiger partial charge on any atom is 0.305 e. The van der Waals surface area contributed by atoms with E-state index in [-0.39, 0.29) is 5.97 Å². The van der Waals surface area contributed by atoms with E-state index in [1.807, 2.05) is 0 Å². The van der Waals surface area contributed by atoms with Crippen LogP contribution in [-0.2, 0) is 9.53 Å². The topological polar surface area (TPSA) is 41.6 Å². The van der Waals surface area contributed by atoms with Gasteiger partial charge in [0.2, 0.25) is 0 Å². The highest BCUT2D eigenvalue weighted by Crippen LogP contribution is 2.24. The van der Waals surface area contributed by atoms with Gasteiger partial charge in [0, 0.05) is 38.1 Å². The molecule has 0 radical (unpaired) electrons. The molecule has 128 valence electrons. The van der Waals surface area contributed by atoms with Gasteiger partial charge in [-0.2, -0.15) is 0 Å². The Kier molecular flexibility index (Phi) is 7.16. The summed E-state index contributed by atoms with van der Waals surface area (Å²) in [5.74, 6) is 1.04. The van der Waals surface area contributed by atoms with Crippen molar-refractivity contribution < 1.29 is 9.53 Å². The minimum Gasteiger partial charge on any atom is -0.469 e. The molecule has 0 aromatic rings. The summed E-state index contributed by atoms with van der Waals surface area (Å²) in [6, 6.07) is 1.22. The summed E-state index contributed by atoms with van der Waals surface area (Å²) >= 11 is 0. The summed E-state index contributed by atoms with van der Waals surface area (Å²) in [6.07, 6.45) is 8.45. The molecule has 1 aliphatic carbocycles. The van der Waals surface area contributed by atoms with Crippen molar-refractivity contribution in [2.45, 2.75) is 70.9 Å². The van der Waals surface area contributed by atoms with E-state index in [0.29, 0.717) is 30.3 Å². The fourth-order valence-electron chi connectivity index (χ4n) is 4.16. The molecular formula is C18H34N2O2. The van der Waals surface area contributed by atoms with Crippen molar-refractivity contribution in [1.29, 1.82) is 0 Å². The Morgan fingerprint density at radius 2 is 1.91 bits per heavy atom. The average molecular weight is 310 g/mol. The monoisotopic (exact) mass is 310 g/mol. The Morgan fingerprint density at radius 3 is 2.55 bits per heavy atom. The average Bonchev–Trinajstić information content (AvgIpc) is 2.47. The first-order valence-electron chi connectivity index (χ1n) is 9.12. The van der Waals surface area contributed by atoms with Crippen molar-refractivity contribution in [2.75, 3.05) is 26.7 Å². The first-order chi connectivity index (χ1) is 10.6. The van der Waals surface area contributed by atoms with Gasteiger partial charge in [0.15, 0.2) is 0 Å². The standard InChI is InChI=1S/C18H34N2O2/c1-14(2)11-20-12-15(10-18(21)22-3)9-17(13-20)19-16-7-5-4-6-8-16/h14-17,19H,4-13H2,1-3H3. The smallest absolute Gasteiger partial charge is 0.305 e. The molecule has 1 saturated carbocycles. The van der Waals surface area contributed by atoms with Gasteiger partial charge in [-0.15, -0.1) is 0 Å². The Balaban J connectivity index is 1.90. The van der Waals surface area contributed by atoms with Gasteiger partial charge in [0.25, 0.3) is 0 Å². The van der Waals surface area contributed by atoms with E-state index in [0.717, 1.165) is 26.1 Å². The number of nitrogens with one attached hydrogen (secondary N) is 1. The normalized spacial score (nSPS) is 28.0. The zero-order valence-electron chi connectivity index (χ0n) is 14.6. The fourth-order valence-corrected chi connectivity index (χ4v) is 4.16. The van der Waals surface area contributed by atoms with Crippen LogP contribution in [0.5, 0.6) is 0 Å². The van der Waals surface area contributed by atoms with Crippen LogP contribution in [0.1, 0.15) is 58.8 Å². The van der Waals surface area contributed by atoms with Crippen LogP contribution in [-0.4, -0.2) is 49.7 Å². The maximum absolute atomic E-state index is 11.6. The fraction of sp³-hybridized carbons (Fsp3) is 0.944. The van der Waals surface area contributed by atoms with Crippen molar-refractivity contribution in [3.8, 4) is 0 Å². The van der Waals surface area contributed by atoms with Gasteiger partial charge in [-0.25, -0.2) is 0 Å². The Labute approximate surface area is 136 Å². The molecule has 4 heteroatoms. The number of nitrogens with zero attached hydrogens (tertiary/aromatic N) is 1. The number of methoxy groups -OCH3 is 1. The number of esters is 1. The van der Waals surface area contributed by atoms with Crippen LogP contribution in [0.25, 0.3) is 0 Å². The number of likely N-dealkylation sites (tertiary alicyclic amines) is 1. The molecule has 0 aromatic heterocycles. The molecule has 0 aromatic carbocycles. The lowest BCUT2D eigenvalue weighted by atomic mass is 9.88. The Bertz CT molecular complexity index is 340. The number of carbonyl (C=O) groups is 1. The SMILES string of the molecule is COC(=O)CC1CC(NC2CCCCC2)CN(CC(C)C)C1. The van der Waals surface area contributed by atoms with Gasteiger partial charge in [0.05, 0.1) is 7.11 Å². The van der Waals surface area contributed by atoms with Crippen molar-refractivity contribution in [3.05, 3.63) is 0 Å². The van der Waals surface area contributed by atoms with Gasteiger partial charge in [0.1, 0.15) is 0 Å². The number of ether oxygens (including phenoxy) is 1. The molecule has 0 amide bonds. The zero-order valence-corrected chi connectivity index (χ0v) is 14.6. The third kappa shape index (κ3) is 5.88. The van der Waals surface area contributed by atoms with Crippen LogP contribution in [0.3, 0.4) is 0 Å². The highest BCUT2D eigenvalue weighted by Gasteiger charge is 2.30. The summed E-state index contributed by atoms with van der Waals surface area (Å²) in [5.41, 5.74) is 0. The summed E-state index contributed by atoms with van der Waals surface area (Å²) in [7, 11) is 1.49. The second-order valence-electron chi connectivity index (χ2n) is 7.69. The third-order valence-electron chi connectivity index (χ3n) is 5.00. The molecule has 2 fully saturated rings. The zero-order chi connectivity index (χ0) is 15.9. The molecule has 1 heterocycles. The van der Waals surface area contributed by atoms with E-state index in [4.69, 9.17) is 4.74 Å². The molecule has 22 heavy (non-hydrogen) atoms. The molecule has 1 aliphatic heterocycles. The minimum atomic E-state index is -0.0622. The first kappa shape index (κ1) is 17.7. The van der Waals surface area contributed by atoms with Crippen LogP contribution < -0.4 is 5.32 Å². The Morgan fingerprint density at radius 1 is 1.18 bits per heavy atom. The predicted molar refractivity (Wildman–Crippen MR) is 89.8 cm³/mol. The van der Waals surface area contributed by atoms with Gasteiger partial charge < -0.3 is 15.0 Å². The highest BCUT2D eigenvalue weighted by molar-refractivity contribution is 5.69. The molecule has 0 spiro atoms. The van der Waals surface area contributed by atoms with E-state index < -0.39 is 0 Å². The van der Waals surface area contributed by atoms with E-state index in [2.05, 4.69) is 24.1 Å². The Hall–Kier alpha value is -0.610. The molecular weight excluding hydrogens is 276 g/mol. The van der Waals surface area contributed by atoms with Crippen molar-refractivity contribution in [1.82, 2.24) is 10.2 Å². The predicted octanol–water partition coefficient (Wildman–Crippen LogP) is 2.82. The van der Waals surface area contributed by atoms with E-state index >= 15 is 0 Å². The molecule has 2 rings (SSSR count). The van der Waals surface area contributed by atoms with E-state index in [1.54, 1.807) is 0 Å². The van der Waals surface area contributed by atoms with Crippen LogP contribution in [0.15, 0.2) is 0 Å². The first-order valence-corrected chi connectivity index (χ1v) is 9.12. The lowest BCUT2D eigenvalue weighted by molar-refractivity contribution is -0.142. The van der Waals surface area contributed by atoms with Gasteiger partial charge in [-0.1, -0.05) is 33.1 Å². The lowest BCUT2D eigenvalue weighted by Gasteiger charge is -2.40. The van der Waals surface area contributed by atoms with Crippen LogP contribution in [0, 0.1) is 11.8 Å². The molecule has 2 atom stereocenters. The number of hydrogen-bond donors (Lipinski definition) is 1. The minimum absolute atomic E-state index is 0.0622.